The average molecular weight is 689 g/mol. The first kappa shape index (κ1) is 20.2. The predicted molar refractivity (Wildman–Crippen MR) is 137 cm³/mol. The molecule has 0 spiro atoms. The molecule has 0 amide bonds. The molecular formula is C18H12B3I3O3. The summed E-state index contributed by atoms with van der Waals surface area (Å²) in [4.78, 5) is 0. The molecule has 1 aliphatic rings. The lowest BCUT2D eigenvalue weighted by atomic mass is 9.61. The lowest BCUT2D eigenvalue weighted by Crippen LogP contribution is -2.61. The first-order valence-corrected chi connectivity index (χ1v) is 11.5. The molecule has 1 aliphatic heterocycles. The van der Waals surface area contributed by atoms with Gasteiger partial charge >= 0.3 is 21.4 Å². The highest BCUT2D eigenvalue weighted by atomic mass is 127. The molecular weight excluding hydrogens is 677 g/mol. The Morgan fingerprint density at radius 1 is 0.407 bits per heavy atom. The van der Waals surface area contributed by atoms with Crippen LogP contribution >= 0.6 is 67.8 Å². The SMILES string of the molecule is Ic1ccc(B2OB(c3ccc(I)cc3)OB(c3ccc(I)cc3)O2)cc1. The molecule has 0 unspecified atom stereocenters. The molecule has 9 heteroatoms. The van der Waals surface area contributed by atoms with Crippen molar-refractivity contribution in [2.24, 2.45) is 0 Å². The van der Waals surface area contributed by atoms with Crippen molar-refractivity contribution in [2.75, 3.05) is 0 Å². The smallest absolute Gasteiger partial charge is 0.445 e. The normalized spacial score (nSPS) is 14.6. The largest absolute Gasteiger partial charge is 0.467 e. The van der Waals surface area contributed by atoms with Crippen molar-refractivity contribution in [3.05, 3.63) is 83.5 Å². The molecule has 0 saturated carbocycles. The van der Waals surface area contributed by atoms with E-state index < -0.39 is 21.4 Å². The van der Waals surface area contributed by atoms with Gasteiger partial charge in [0, 0.05) is 10.7 Å². The van der Waals surface area contributed by atoms with Gasteiger partial charge in [0.25, 0.3) is 0 Å². The van der Waals surface area contributed by atoms with Crippen LogP contribution in [0.25, 0.3) is 0 Å². The van der Waals surface area contributed by atoms with Crippen LogP contribution in [0, 0.1) is 10.7 Å². The molecule has 1 heterocycles. The minimum atomic E-state index is -0.496. The zero-order chi connectivity index (χ0) is 18.8. The number of rotatable bonds is 3. The molecule has 3 aromatic rings. The van der Waals surface area contributed by atoms with Gasteiger partial charge in [0.05, 0.1) is 0 Å². The van der Waals surface area contributed by atoms with Gasteiger partial charge in [0.15, 0.2) is 0 Å². The fourth-order valence-corrected chi connectivity index (χ4v) is 3.84. The minimum absolute atomic E-state index is 0.496. The van der Waals surface area contributed by atoms with Crippen molar-refractivity contribution in [2.45, 2.75) is 0 Å². The van der Waals surface area contributed by atoms with Crippen LogP contribution in [0.3, 0.4) is 0 Å². The molecule has 0 bridgehead atoms. The van der Waals surface area contributed by atoms with E-state index >= 15 is 0 Å². The number of hydrogen-bond donors (Lipinski definition) is 0. The van der Waals surface area contributed by atoms with Gasteiger partial charge in [-0.1, -0.05) is 36.4 Å². The fraction of sp³-hybridized carbons (Fsp3) is 0. The Hall–Kier alpha value is -0.0752. The maximum absolute atomic E-state index is 6.16. The van der Waals surface area contributed by atoms with Crippen molar-refractivity contribution < 1.29 is 13.7 Å². The maximum Gasteiger partial charge on any atom is 0.467 e. The Bertz CT molecular complexity index is 779. The van der Waals surface area contributed by atoms with E-state index in [1.54, 1.807) is 0 Å². The third-order valence-corrected chi connectivity index (χ3v) is 6.33. The van der Waals surface area contributed by atoms with Gasteiger partial charge in [-0.05, 0) is 121 Å². The van der Waals surface area contributed by atoms with Gasteiger partial charge in [-0.25, -0.2) is 0 Å². The summed E-state index contributed by atoms with van der Waals surface area (Å²) < 4.78 is 22.0. The monoisotopic (exact) mass is 690 g/mol. The summed E-state index contributed by atoms with van der Waals surface area (Å²) in [6.45, 7) is 0. The molecule has 0 atom stereocenters. The molecule has 4 rings (SSSR count). The molecule has 0 N–H and O–H groups in total. The van der Waals surface area contributed by atoms with Crippen LogP contribution in [-0.4, -0.2) is 21.4 Å². The molecule has 0 aromatic heterocycles. The highest BCUT2D eigenvalue weighted by Crippen LogP contribution is 2.13. The van der Waals surface area contributed by atoms with E-state index in [4.69, 9.17) is 13.7 Å². The van der Waals surface area contributed by atoms with Gasteiger partial charge < -0.3 is 13.7 Å². The number of hydrogen-bond acceptors (Lipinski definition) is 3. The molecule has 3 nitrogen and oxygen atoms in total. The second-order valence-corrected chi connectivity index (χ2v) is 9.80. The fourth-order valence-electron chi connectivity index (χ4n) is 2.76. The summed E-state index contributed by atoms with van der Waals surface area (Å²) in [5.41, 5.74) is 2.93. The van der Waals surface area contributed by atoms with Crippen LogP contribution in [0.2, 0.25) is 0 Å². The third-order valence-electron chi connectivity index (χ3n) is 4.17. The molecule has 0 radical (unpaired) electrons. The predicted octanol–water partition coefficient (Wildman–Crippen LogP) is 3.05. The molecule has 1 fully saturated rings. The number of halogens is 3. The van der Waals surface area contributed by atoms with Crippen LogP contribution < -0.4 is 16.4 Å². The van der Waals surface area contributed by atoms with Crippen LogP contribution in [0.5, 0.6) is 0 Å². The van der Waals surface area contributed by atoms with Crippen LogP contribution in [-0.2, 0) is 13.7 Å². The first-order chi connectivity index (χ1) is 13.1. The lowest BCUT2D eigenvalue weighted by molar-refractivity contribution is 0.308. The van der Waals surface area contributed by atoms with E-state index in [9.17, 15) is 0 Å². The van der Waals surface area contributed by atoms with Gasteiger partial charge in [-0.2, -0.15) is 0 Å². The lowest BCUT2D eigenvalue weighted by Gasteiger charge is -2.31. The van der Waals surface area contributed by atoms with Crippen molar-refractivity contribution in [1.82, 2.24) is 0 Å². The standard InChI is InChI=1S/C18H12B3I3O3/c22-16-7-1-13(2-8-16)19-25-20(14-3-9-17(23)10-4-14)27-21(26-19)15-5-11-18(24)12-6-15/h1-12H. The topological polar surface area (TPSA) is 27.7 Å². The highest BCUT2D eigenvalue weighted by molar-refractivity contribution is 14.1. The van der Waals surface area contributed by atoms with Gasteiger partial charge in [0.2, 0.25) is 0 Å². The van der Waals surface area contributed by atoms with Crippen LogP contribution in [0.4, 0.5) is 0 Å². The van der Waals surface area contributed by atoms with E-state index in [0.717, 1.165) is 16.4 Å². The quantitative estimate of drug-likeness (QED) is 0.313. The van der Waals surface area contributed by atoms with Crippen molar-refractivity contribution >= 4 is 106 Å². The Labute approximate surface area is 200 Å². The highest BCUT2D eigenvalue weighted by Gasteiger charge is 2.43. The Morgan fingerprint density at radius 3 is 0.852 bits per heavy atom. The Balaban J connectivity index is 1.66. The number of benzene rings is 3. The Kier molecular flexibility index (Phi) is 6.86. The maximum atomic E-state index is 6.16. The van der Waals surface area contributed by atoms with E-state index in [0.29, 0.717) is 0 Å². The summed E-state index contributed by atoms with van der Waals surface area (Å²) in [7, 11) is -1.49. The summed E-state index contributed by atoms with van der Waals surface area (Å²) in [6.07, 6.45) is 0. The van der Waals surface area contributed by atoms with E-state index in [-0.39, 0.29) is 0 Å². The second-order valence-electron chi connectivity index (χ2n) is 6.06. The minimum Gasteiger partial charge on any atom is -0.445 e. The first-order valence-electron chi connectivity index (χ1n) is 8.31. The van der Waals surface area contributed by atoms with Crippen LogP contribution in [0.15, 0.2) is 72.8 Å². The van der Waals surface area contributed by atoms with Gasteiger partial charge in [0.1, 0.15) is 0 Å². The van der Waals surface area contributed by atoms with E-state index in [1.165, 1.54) is 10.7 Å². The molecule has 0 aliphatic carbocycles. The van der Waals surface area contributed by atoms with Crippen LogP contribution in [0.1, 0.15) is 0 Å². The second kappa shape index (κ2) is 9.16. The zero-order valence-electron chi connectivity index (χ0n) is 14.0. The van der Waals surface area contributed by atoms with Gasteiger partial charge in [-0.3, -0.25) is 0 Å². The Morgan fingerprint density at radius 2 is 0.630 bits per heavy atom. The van der Waals surface area contributed by atoms with Crippen molar-refractivity contribution in [3.8, 4) is 0 Å². The molecule has 132 valence electrons. The average Bonchev–Trinajstić information content (AvgIpc) is 2.69. The summed E-state index contributed by atoms with van der Waals surface area (Å²) in [5.74, 6) is 0. The third kappa shape index (κ3) is 5.10. The van der Waals surface area contributed by atoms with Crippen molar-refractivity contribution in [3.63, 3.8) is 0 Å². The van der Waals surface area contributed by atoms with E-state index in [1.807, 2.05) is 36.4 Å². The van der Waals surface area contributed by atoms with Gasteiger partial charge in [-0.15, -0.1) is 0 Å². The zero-order valence-corrected chi connectivity index (χ0v) is 20.5. The van der Waals surface area contributed by atoms with Crippen molar-refractivity contribution in [1.29, 1.82) is 0 Å². The van der Waals surface area contributed by atoms with E-state index in [2.05, 4.69) is 104 Å². The molecule has 3 aromatic carbocycles. The molecule has 27 heavy (non-hydrogen) atoms. The summed E-state index contributed by atoms with van der Waals surface area (Å²) in [6, 6.07) is 24.5. The summed E-state index contributed by atoms with van der Waals surface area (Å²) in [5, 5.41) is 0. The summed E-state index contributed by atoms with van der Waals surface area (Å²) >= 11 is 6.88. The molecule has 1 saturated heterocycles.